The van der Waals surface area contributed by atoms with E-state index in [4.69, 9.17) is 27.6 Å². The summed E-state index contributed by atoms with van der Waals surface area (Å²) < 4.78 is 5.35. The second-order valence-corrected chi connectivity index (χ2v) is 4.12. The molecule has 0 aliphatic carbocycles. The highest BCUT2D eigenvalue weighted by Crippen LogP contribution is 2.27. The maximum atomic E-state index is 5.92. The quantitative estimate of drug-likeness (QED) is 0.916. The molecule has 0 saturated carbocycles. The van der Waals surface area contributed by atoms with E-state index in [9.17, 15) is 0 Å². The predicted molar refractivity (Wildman–Crippen MR) is 64.7 cm³/mol. The monoisotopic (exact) mass is 256 g/mol. The van der Waals surface area contributed by atoms with E-state index in [0.717, 1.165) is 11.3 Å². The maximum absolute atomic E-state index is 5.92. The van der Waals surface area contributed by atoms with Gasteiger partial charge in [0.1, 0.15) is 6.26 Å². The van der Waals surface area contributed by atoms with Gasteiger partial charge in [-0.15, -0.1) is 0 Å². The molecule has 0 amide bonds. The number of nitrogens with one attached hydrogen (secondary N) is 1. The minimum absolute atomic E-state index is 0.493. The van der Waals surface area contributed by atoms with Crippen LogP contribution in [0, 0.1) is 0 Å². The first-order chi connectivity index (χ1) is 7.70. The van der Waals surface area contributed by atoms with Crippen LogP contribution in [0.1, 0.15) is 5.69 Å². The van der Waals surface area contributed by atoms with Crippen molar-refractivity contribution in [2.24, 2.45) is 0 Å². The van der Waals surface area contributed by atoms with Crippen molar-refractivity contribution in [1.82, 2.24) is 10.3 Å². The Hall–Kier alpha value is -1.03. The van der Waals surface area contributed by atoms with Crippen LogP contribution < -0.4 is 5.32 Å². The fourth-order valence-corrected chi connectivity index (χ4v) is 1.63. The Bertz CT molecular complexity index is 496. The van der Waals surface area contributed by atoms with E-state index in [1.54, 1.807) is 18.4 Å². The molecule has 5 heteroatoms. The summed E-state index contributed by atoms with van der Waals surface area (Å²) in [6, 6.07) is 5.28. The molecule has 1 aromatic heterocycles. The molecule has 0 aliphatic heterocycles. The fourth-order valence-electron chi connectivity index (χ4n) is 1.33. The minimum Gasteiger partial charge on any atom is -0.444 e. The molecule has 1 heterocycles. The van der Waals surface area contributed by atoms with Gasteiger partial charge in [0.25, 0.3) is 0 Å². The van der Waals surface area contributed by atoms with Crippen LogP contribution in [-0.4, -0.2) is 12.0 Å². The van der Waals surface area contributed by atoms with E-state index in [2.05, 4.69) is 10.3 Å². The van der Waals surface area contributed by atoms with E-state index in [0.29, 0.717) is 22.5 Å². The van der Waals surface area contributed by atoms with E-state index in [1.807, 2.05) is 13.1 Å². The van der Waals surface area contributed by atoms with Gasteiger partial charge in [-0.3, -0.25) is 0 Å². The van der Waals surface area contributed by atoms with E-state index in [1.165, 1.54) is 0 Å². The van der Waals surface area contributed by atoms with E-state index < -0.39 is 0 Å². The topological polar surface area (TPSA) is 38.1 Å². The summed E-state index contributed by atoms with van der Waals surface area (Å²) in [7, 11) is 1.85. The Morgan fingerprint density at radius 1 is 1.31 bits per heavy atom. The molecular weight excluding hydrogens is 247 g/mol. The molecule has 1 N–H and O–H groups in total. The van der Waals surface area contributed by atoms with Crippen LogP contribution in [0.15, 0.2) is 28.9 Å². The molecule has 0 radical (unpaired) electrons. The average molecular weight is 257 g/mol. The maximum Gasteiger partial charge on any atom is 0.226 e. The predicted octanol–water partition coefficient (Wildman–Crippen LogP) is 3.37. The molecule has 16 heavy (non-hydrogen) atoms. The fraction of sp³-hybridized carbons (Fsp3) is 0.182. The lowest BCUT2D eigenvalue weighted by atomic mass is 10.2. The third-order valence-corrected chi connectivity index (χ3v) is 2.82. The van der Waals surface area contributed by atoms with Gasteiger partial charge in [-0.05, 0) is 25.2 Å². The van der Waals surface area contributed by atoms with Crippen molar-refractivity contribution >= 4 is 23.2 Å². The van der Waals surface area contributed by atoms with Crippen LogP contribution >= 0.6 is 23.2 Å². The molecule has 2 rings (SSSR count). The second-order valence-electron chi connectivity index (χ2n) is 3.30. The molecule has 0 atom stereocenters. The normalized spacial score (nSPS) is 10.7. The lowest BCUT2D eigenvalue weighted by Crippen LogP contribution is -2.04. The van der Waals surface area contributed by atoms with Crippen LogP contribution in [0.4, 0.5) is 0 Å². The Morgan fingerprint density at radius 3 is 2.81 bits per heavy atom. The summed E-state index contributed by atoms with van der Waals surface area (Å²) in [4.78, 5) is 4.31. The van der Waals surface area contributed by atoms with E-state index in [-0.39, 0.29) is 0 Å². The van der Waals surface area contributed by atoms with E-state index >= 15 is 0 Å². The zero-order valence-corrected chi connectivity index (χ0v) is 10.1. The number of halogens is 2. The van der Waals surface area contributed by atoms with Gasteiger partial charge in [-0.25, -0.2) is 4.98 Å². The molecule has 2 aromatic rings. The summed E-state index contributed by atoms with van der Waals surface area (Å²) in [5, 5.41) is 4.01. The highest BCUT2D eigenvalue weighted by Gasteiger charge is 2.08. The van der Waals surface area contributed by atoms with Gasteiger partial charge in [-0.2, -0.15) is 0 Å². The van der Waals surface area contributed by atoms with Crippen molar-refractivity contribution in [3.05, 3.63) is 40.2 Å². The summed E-state index contributed by atoms with van der Waals surface area (Å²) in [5.41, 5.74) is 1.67. The summed E-state index contributed by atoms with van der Waals surface area (Å²) >= 11 is 11.7. The van der Waals surface area contributed by atoms with Gasteiger partial charge >= 0.3 is 0 Å². The van der Waals surface area contributed by atoms with Crippen molar-refractivity contribution < 1.29 is 4.42 Å². The van der Waals surface area contributed by atoms with Crippen molar-refractivity contribution in [1.29, 1.82) is 0 Å². The van der Waals surface area contributed by atoms with Gasteiger partial charge in [0.05, 0.1) is 15.7 Å². The summed E-state index contributed by atoms with van der Waals surface area (Å²) in [5.74, 6) is 0.545. The SMILES string of the molecule is CNCc1coc(-c2ccc(Cl)c(Cl)c2)n1. The third-order valence-electron chi connectivity index (χ3n) is 2.08. The zero-order valence-electron chi connectivity index (χ0n) is 8.63. The highest BCUT2D eigenvalue weighted by molar-refractivity contribution is 6.42. The molecule has 0 aliphatic rings. The zero-order chi connectivity index (χ0) is 11.5. The lowest BCUT2D eigenvalue weighted by molar-refractivity contribution is 0.571. The Morgan fingerprint density at radius 2 is 2.12 bits per heavy atom. The second kappa shape index (κ2) is 4.87. The molecule has 0 saturated heterocycles. The van der Waals surface area contributed by atoms with Crippen molar-refractivity contribution in [3.63, 3.8) is 0 Å². The van der Waals surface area contributed by atoms with Crippen molar-refractivity contribution in [2.45, 2.75) is 6.54 Å². The number of nitrogens with zero attached hydrogens (tertiary/aromatic N) is 1. The average Bonchev–Trinajstić information content (AvgIpc) is 2.71. The number of oxazole rings is 1. The summed E-state index contributed by atoms with van der Waals surface area (Å²) in [6.07, 6.45) is 1.62. The summed E-state index contributed by atoms with van der Waals surface area (Å²) in [6.45, 7) is 0.671. The molecule has 84 valence electrons. The molecule has 0 bridgehead atoms. The van der Waals surface area contributed by atoms with Gasteiger partial charge in [-0.1, -0.05) is 23.2 Å². The minimum atomic E-state index is 0.493. The Kier molecular flexibility index (Phi) is 3.49. The van der Waals surface area contributed by atoms with Crippen molar-refractivity contribution in [3.8, 4) is 11.5 Å². The molecule has 0 fully saturated rings. The van der Waals surface area contributed by atoms with Crippen LogP contribution in [0.25, 0.3) is 11.5 Å². The van der Waals surface area contributed by atoms with Crippen LogP contribution in [0.3, 0.4) is 0 Å². The first kappa shape index (κ1) is 11.5. The first-order valence-electron chi connectivity index (χ1n) is 4.75. The first-order valence-corrected chi connectivity index (χ1v) is 5.50. The van der Waals surface area contributed by atoms with Gasteiger partial charge in [0.2, 0.25) is 5.89 Å². The highest BCUT2D eigenvalue weighted by atomic mass is 35.5. The third kappa shape index (κ3) is 2.38. The molecule has 3 nitrogen and oxygen atoms in total. The van der Waals surface area contributed by atoms with Crippen molar-refractivity contribution in [2.75, 3.05) is 7.05 Å². The van der Waals surface area contributed by atoms with Crippen LogP contribution in [-0.2, 0) is 6.54 Å². The number of aromatic nitrogens is 1. The molecule has 0 unspecified atom stereocenters. The molecule has 1 aromatic carbocycles. The largest absolute Gasteiger partial charge is 0.444 e. The Balaban J connectivity index is 2.31. The van der Waals surface area contributed by atoms with Crippen LogP contribution in [0.5, 0.6) is 0 Å². The molecular formula is C11H10Cl2N2O. The number of hydrogen-bond acceptors (Lipinski definition) is 3. The number of rotatable bonds is 3. The van der Waals surface area contributed by atoms with Crippen LogP contribution in [0.2, 0.25) is 10.0 Å². The van der Waals surface area contributed by atoms with Gasteiger partial charge in [0.15, 0.2) is 0 Å². The Labute approximate surface area is 103 Å². The number of benzene rings is 1. The smallest absolute Gasteiger partial charge is 0.226 e. The standard InChI is InChI=1S/C11H10Cl2N2O/c1-14-5-8-6-16-11(15-8)7-2-3-9(12)10(13)4-7/h2-4,6,14H,5H2,1H3. The van der Waals surface area contributed by atoms with Gasteiger partial charge < -0.3 is 9.73 Å². The number of hydrogen-bond donors (Lipinski definition) is 1. The molecule has 0 spiro atoms. The lowest BCUT2D eigenvalue weighted by Gasteiger charge is -1.98. The van der Waals surface area contributed by atoms with Gasteiger partial charge in [0, 0.05) is 12.1 Å².